The minimum absolute atomic E-state index is 0.0817. The summed E-state index contributed by atoms with van der Waals surface area (Å²) < 4.78 is 0. The molecule has 1 amide bonds. The SMILES string of the molecule is O=C(NCCc1csc(-c2ccccn2)n1)C(c1ccc(Cl)cc1)C1CC1. The number of nitrogens with one attached hydrogen (secondary N) is 1. The number of rotatable bonds is 7. The lowest BCUT2D eigenvalue weighted by molar-refractivity contribution is -0.123. The quantitative estimate of drug-likeness (QED) is 0.628. The van der Waals surface area contributed by atoms with E-state index in [4.69, 9.17) is 11.6 Å². The molecule has 4 rings (SSSR count). The third-order valence-corrected chi connectivity index (χ3v) is 5.89. The smallest absolute Gasteiger partial charge is 0.227 e. The molecule has 0 aliphatic heterocycles. The summed E-state index contributed by atoms with van der Waals surface area (Å²) in [5, 5.41) is 6.73. The standard InChI is InChI=1S/C21H20ClN3OS/c22-16-8-6-15(7-9-16)19(14-4-5-14)20(26)24-12-10-17-13-27-21(25-17)18-3-1-2-11-23-18/h1-3,6-9,11,13-14,19H,4-5,10,12H2,(H,24,26). The van der Waals surface area contributed by atoms with Crippen molar-refractivity contribution in [2.45, 2.75) is 25.2 Å². The van der Waals surface area contributed by atoms with Crippen LogP contribution in [0.1, 0.15) is 30.0 Å². The van der Waals surface area contributed by atoms with E-state index < -0.39 is 0 Å². The van der Waals surface area contributed by atoms with Crippen LogP contribution in [0.3, 0.4) is 0 Å². The summed E-state index contributed by atoms with van der Waals surface area (Å²) in [7, 11) is 0. The van der Waals surface area contributed by atoms with Crippen LogP contribution in [0, 0.1) is 5.92 Å². The Bertz CT molecular complexity index is 907. The van der Waals surface area contributed by atoms with Crippen molar-refractivity contribution in [2.24, 2.45) is 5.92 Å². The van der Waals surface area contributed by atoms with Crippen molar-refractivity contribution in [1.82, 2.24) is 15.3 Å². The summed E-state index contributed by atoms with van der Waals surface area (Å²) >= 11 is 7.56. The van der Waals surface area contributed by atoms with Crippen LogP contribution in [0.15, 0.2) is 54.0 Å². The Morgan fingerprint density at radius 3 is 2.74 bits per heavy atom. The van der Waals surface area contributed by atoms with Crippen LogP contribution in [0.5, 0.6) is 0 Å². The van der Waals surface area contributed by atoms with Gasteiger partial charge >= 0.3 is 0 Å². The van der Waals surface area contributed by atoms with Crippen LogP contribution in [0.25, 0.3) is 10.7 Å². The topological polar surface area (TPSA) is 54.9 Å². The Labute approximate surface area is 167 Å². The predicted molar refractivity (Wildman–Crippen MR) is 109 cm³/mol. The van der Waals surface area contributed by atoms with Gasteiger partial charge in [-0.15, -0.1) is 11.3 Å². The minimum atomic E-state index is -0.0817. The van der Waals surface area contributed by atoms with Crippen molar-refractivity contribution in [3.05, 3.63) is 70.3 Å². The maximum absolute atomic E-state index is 12.8. The first-order chi connectivity index (χ1) is 13.2. The number of carbonyl (C=O) groups is 1. The van der Waals surface area contributed by atoms with E-state index in [1.807, 2.05) is 47.8 Å². The summed E-state index contributed by atoms with van der Waals surface area (Å²) in [6, 6.07) is 13.4. The highest BCUT2D eigenvalue weighted by Crippen LogP contribution is 2.42. The number of thiazole rings is 1. The van der Waals surface area contributed by atoms with Gasteiger partial charge in [-0.1, -0.05) is 29.8 Å². The number of halogens is 1. The van der Waals surface area contributed by atoms with Crippen LogP contribution in [-0.4, -0.2) is 22.4 Å². The summed E-state index contributed by atoms with van der Waals surface area (Å²) in [5.41, 5.74) is 2.91. The number of carbonyl (C=O) groups excluding carboxylic acids is 1. The Morgan fingerprint density at radius 1 is 1.22 bits per heavy atom. The van der Waals surface area contributed by atoms with Crippen molar-refractivity contribution in [2.75, 3.05) is 6.54 Å². The van der Waals surface area contributed by atoms with E-state index in [1.165, 1.54) is 0 Å². The maximum atomic E-state index is 12.8. The van der Waals surface area contributed by atoms with Gasteiger partial charge in [0.25, 0.3) is 0 Å². The van der Waals surface area contributed by atoms with Crippen molar-refractivity contribution >= 4 is 28.8 Å². The number of hydrogen-bond donors (Lipinski definition) is 1. The summed E-state index contributed by atoms with van der Waals surface area (Å²) in [6.07, 6.45) is 4.71. The normalized spacial score (nSPS) is 14.7. The summed E-state index contributed by atoms with van der Waals surface area (Å²) in [4.78, 5) is 21.7. The molecule has 27 heavy (non-hydrogen) atoms. The summed E-state index contributed by atoms with van der Waals surface area (Å²) in [5.74, 6) is 0.461. The maximum Gasteiger partial charge on any atom is 0.227 e. The molecule has 1 unspecified atom stereocenters. The number of benzene rings is 1. The van der Waals surface area contributed by atoms with Gasteiger partial charge in [0.2, 0.25) is 5.91 Å². The molecule has 1 N–H and O–H groups in total. The molecular weight excluding hydrogens is 378 g/mol. The minimum Gasteiger partial charge on any atom is -0.355 e. The molecule has 1 aromatic carbocycles. The highest BCUT2D eigenvalue weighted by Gasteiger charge is 2.37. The Hall–Kier alpha value is -2.24. The van der Waals surface area contributed by atoms with Crippen molar-refractivity contribution in [1.29, 1.82) is 0 Å². The van der Waals surface area contributed by atoms with Gasteiger partial charge in [0.15, 0.2) is 0 Å². The molecular formula is C21H20ClN3OS. The Kier molecular flexibility index (Phi) is 5.50. The second-order valence-corrected chi connectivity index (χ2v) is 8.06. The van der Waals surface area contributed by atoms with E-state index in [9.17, 15) is 4.79 Å². The average Bonchev–Trinajstić information content (AvgIpc) is 3.41. The van der Waals surface area contributed by atoms with Gasteiger partial charge in [-0.2, -0.15) is 0 Å². The van der Waals surface area contributed by atoms with Crippen molar-refractivity contribution in [3.8, 4) is 10.7 Å². The first-order valence-electron chi connectivity index (χ1n) is 9.09. The van der Waals surface area contributed by atoms with Gasteiger partial charge in [0.1, 0.15) is 5.01 Å². The number of aromatic nitrogens is 2. The van der Waals surface area contributed by atoms with Crippen molar-refractivity contribution in [3.63, 3.8) is 0 Å². The Balaban J connectivity index is 1.35. The molecule has 1 aliphatic rings. The molecule has 4 nitrogen and oxygen atoms in total. The van der Waals surface area contributed by atoms with Crippen LogP contribution < -0.4 is 5.32 Å². The molecule has 6 heteroatoms. The zero-order valence-corrected chi connectivity index (χ0v) is 16.3. The fraction of sp³-hybridized carbons (Fsp3) is 0.286. The molecule has 3 aromatic rings. The van der Waals surface area contributed by atoms with Gasteiger partial charge in [-0.05, 0) is 48.6 Å². The third kappa shape index (κ3) is 4.54. The van der Waals surface area contributed by atoms with Crippen LogP contribution in [0.4, 0.5) is 0 Å². The monoisotopic (exact) mass is 397 g/mol. The van der Waals surface area contributed by atoms with E-state index in [-0.39, 0.29) is 11.8 Å². The van der Waals surface area contributed by atoms with E-state index in [0.29, 0.717) is 23.9 Å². The third-order valence-electron chi connectivity index (χ3n) is 4.72. The fourth-order valence-corrected chi connectivity index (χ4v) is 4.15. The molecule has 0 saturated heterocycles. The molecule has 0 spiro atoms. The van der Waals surface area contributed by atoms with Gasteiger partial charge in [0, 0.05) is 29.6 Å². The van der Waals surface area contributed by atoms with E-state index in [1.54, 1.807) is 17.5 Å². The van der Waals surface area contributed by atoms with Crippen LogP contribution in [-0.2, 0) is 11.2 Å². The average molecular weight is 398 g/mol. The molecule has 2 aromatic heterocycles. The highest BCUT2D eigenvalue weighted by molar-refractivity contribution is 7.13. The Morgan fingerprint density at radius 2 is 2.04 bits per heavy atom. The van der Waals surface area contributed by atoms with Crippen LogP contribution >= 0.6 is 22.9 Å². The van der Waals surface area contributed by atoms with Gasteiger partial charge in [-0.25, -0.2) is 4.98 Å². The molecule has 0 bridgehead atoms. The van der Waals surface area contributed by atoms with Crippen LogP contribution in [0.2, 0.25) is 5.02 Å². The highest BCUT2D eigenvalue weighted by atomic mass is 35.5. The van der Waals surface area contributed by atoms with E-state index in [2.05, 4.69) is 15.3 Å². The van der Waals surface area contributed by atoms with Gasteiger partial charge < -0.3 is 5.32 Å². The van der Waals surface area contributed by atoms with E-state index >= 15 is 0 Å². The first kappa shape index (κ1) is 18.1. The fourth-order valence-electron chi connectivity index (χ4n) is 3.19. The van der Waals surface area contributed by atoms with Gasteiger partial charge in [0.05, 0.1) is 17.3 Å². The molecule has 1 aliphatic carbocycles. The molecule has 138 valence electrons. The second kappa shape index (κ2) is 8.19. The number of hydrogen-bond acceptors (Lipinski definition) is 4. The molecule has 1 saturated carbocycles. The lowest BCUT2D eigenvalue weighted by Gasteiger charge is -2.16. The zero-order valence-electron chi connectivity index (χ0n) is 14.8. The zero-order chi connectivity index (χ0) is 18.6. The lowest BCUT2D eigenvalue weighted by atomic mass is 9.93. The number of pyridine rings is 1. The van der Waals surface area contributed by atoms with E-state index in [0.717, 1.165) is 34.8 Å². The largest absolute Gasteiger partial charge is 0.355 e. The molecule has 0 radical (unpaired) electrons. The van der Waals surface area contributed by atoms with Crippen molar-refractivity contribution < 1.29 is 4.79 Å². The molecule has 1 fully saturated rings. The summed E-state index contributed by atoms with van der Waals surface area (Å²) in [6.45, 7) is 0.584. The first-order valence-corrected chi connectivity index (χ1v) is 10.4. The predicted octanol–water partition coefficient (Wildman–Crippen LogP) is 4.71. The second-order valence-electron chi connectivity index (χ2n) is 6.77. The lowest BCUT2D eigenvalue weighted by Crippen LogP contribution is -2.32. The number of nitrogens with zero attached hydrogens (tertiary/aromatic N) is 2. The number of amides is 1. The molecule has 1 atom stereocenters. The molecule has 2 heterocycles. The van der Waals surface area contributed by atoms with Gasteiger partial charge in [-0.3, -0.25) is 9.78 Å².